The van der Waals surface area contributed by atoms with E-state index in [9.17, 15) is 0 Å². The van der Waals surface area contributed by atoms with E-state index in [-0.39, 0.29) is 0 Å². The van der Waals surface area contributed by atoms with Crippen molar-refractivity contribution >= 4 is 34.1 Å². The third kappa shape index (κ3) is 2.04. The number of fused-ring (bicyclic) bond motifs is 1. The lowest BCUT2D eigenvalue weighted by molar-refractivity contribution is 0.419. The van der Waals surface area contributed by atoms with Crippen molar-refractivity contribution in [3.05, 3.63) is 33.4 Å². The number of hydrogen-bond donors (Lipinski definition) is 0. The van der Waals surface area contributed by atoms with Gasteiger partial charge in [0.15, 0.2) is 0 Å². The van der Waals surface area contributed by atoms with Crippen molar-refractivity contribution in [3.63, 3.8) is 0 Å². The Morgan fingerprint density at radius 2 is 1.89 bits per heavy atom. The zero-order valence-electron chi connectivity index (χ0n) is 10.8. The molecule has 0 unspecified atom stereocenters. The number of hydrogen-bond acceptors (Lipinski definition) is 2. The van der Waals surface area contributed by atoms with E-state index in [1.54, 1.807) is 13.2 Å². The van der Waals surface area contributed by atoms with Crippen molar-refractivity contribution in [2.24, 2.45) is 0 Å². The molecule has 1 aromatic carbocycles. The maximum absolute atomic E-state index is 6.50. The summed E-state index contributed by atoms with van der Waals surface area (Å²) in [6, 6.07) is 3.60. The standard InChI is InChI=1S/C14H15Cl2NO/c1-7(2)11-8(3)17-14-10(18-4)6-5-9(15)12(14)13(11)16/h5-7H,1-4H3. The molecular formula is C14H15Cl2NO. The second-order valence-corrected chi connectivity index (χ2v) is 5.34. The topological polar surface area (TPSA) is 22.1 Å². The largest absolute Gasteiger partial charge is 0.494 e. The summed E-state index contributed by atoms with van der Waals surface area (Å²) >= 11 is 12.7. The van der Waals surface area contributed by atoms with E-state index in [1.165, 1.54) is 0 Å². The lowest BCUT2D eigenvalue weighted by atomic mass is 9.99. The Morgan fingerprint density at radius 3 is 2.44 bits per heavy atom. The summed E-state index contributed by atoms with van der Waals surface area (Å²) in [4.78, 5) is 4.60. The average Bonchev–Trinajstić information content (AvgIpc) is 2.28. The van der Waals surface area contributed by atoms with Crippen LogP contribution in [0.4, 0.5) is 0 Å². The molecule has 0 aliphatic rings. The van der Waals surface area contributed by atoms with Gasteiger partial charge in [0, 0.05) is 11.1 Å². The van der Waals surface area contributed by atoms with E-state index in [1.807, 2.05) is 13.0 Å². The van der Waals surface area contributed by atoms with Crippen molar-refractivity contribution in [3.8, 4) is 5.75 Å². The minimum absolute atomic E-state index is 0.302. The van der Waals surface area contributed by atoms with Crippen LogP contribution in [0.15, 0.2) is 12.1 Å². The first kappa shape index (κ1) is 13.4. The number of aryl methyl sites for hydroxylation is 1. The fourth-order valence-corrected chi connectivity index (χ4v) is 3.07. The molecule has 18 heavy (non-hydrogen) atoms. The van der Waals surface area contributed by atoms with Gasteiger partial charge in [0.05, 0.1) is 17.2 Å². The van der Waals surface area contributed by atoms with Crippen molar-refractivity contribution in [1.29, 1.82) is 0 Å². The summed E-state index contributed by atoms with van der Waals surface area (Å²) in [7, 11) is 1.62. The summed E-state index contributed by atoms with van der Waals surface area (Å²) in [5, 5.41) is 2.05. The van der Waals surface area contributed by atoms with Crippen molar-refractivity contribution in [2.45, 2.75) is 26.7 Å². The molecule has 4 heteroatoms. The van der Waals surface area contributed by atoms with Crippen LogP contribution in [0.1, 0.15) is 31.0 Å². The fraction of sp³-hybridized carbons (Fsp3) is 0.357. The molecule has 0 radical (unpaired) electrons. The number of nitrogens with zero attached hydrogens (tertiary/aromatic N) is 1. The average molecular weight is 284 g/mol. The molecule has 0 N–H and O–H groups in total. The predicted molar refractivity (Wildman–Crippen MR) is 77.1 cm³/mol. The zero-order chi connectivity index (χ0) is 13.4. The summed E-state index contributed by atoms with van der Waals surface area (Å²) < 4.78 is 5.31. The van der Waals surface area contributed by atoms with E-state index in [4.69, 9.17) is 27.9 Å². The number of rotatable bonds is 2. The van der Waals surface area contributed by atoms with Gasteiger partial charge in [0.1, 0.15) is 11.3 Å². The number of benzene rings is 1. The van der Waals surface area contributed by atoms with Crippen LogP contribution in [-0.2, 0) is 0 Å². The molecule has 2 aromatic rings. The molecule has 2 rings (SSSR count). The number of methoxy groups -OCH3 is 1. The molecule has 0 spiro atoms. The molecule has 0 aliphatic heterocycles. The van der Waals surface area contributed by atoms with Gasteiger partial charge in [0.2, 0.25) is 0 Å². The number of ether oxygens (including phenoxy) is 1. The van der Waals surface area contributed by atoms with Gasteiger partial charge in [-0.25, -0.2) is 4.98 Å². The first-order chi connectivity index (χ1) is 8.47. The molecule has 0 saturated carbocycles. The third-order valence-corrected chi connectivity index (χ3v) is 3.72. The molecule has 0 aliphatic carbocycles. The Labute approximate surface area is 117 Å². The van der Waals surface area contributed by atoms with E-state index in [2.05, 4.69) is 18.8 Å². The molecule has 0 bridgehead atoms. The third-order valence-electron chi connectivity index (χ3n) is 3.01. The van der Waals surface area contributed by atoms with Crippen LogP contribution >= 0.6 is 23.2 Å². The minimum Gasteiger partial charge on any atom is -0.494 e. The molecule has 1 heterocycles. The van der Waals surface area contributed by atoms with Gasteiger partial charge in [-0.3, -0.25) is 0 Å². The summed E-state index contributed by atoms with van der Waals surface area (Å²) in [5.41, 5.74) is 2.68. The summed E-state index contributed by atoms with van der Waals surface area (Å²) in [6.07, 6.45) is 0. The molecule has 0 amide bonds. The number of pyridine rings is 1. The van der Waals surface area contributed by atoms with Crippen molar-refractivity contribution in [2.75, 3.05) is 7.11 Å². The fourth-order valence-electron chi connectivity index (χ4n) is 2.22. The highest BCUT2D eigenvalue weighted by atomic mass is 35.5. The van der Waals surface area contributed by atoms with Crippen LogP contribution in [0.5, 0.6) is 5.75 Å². The van der Waals surface area contributed by atoms with E-state index < -0.39 is 0 Å². The second-order valence-electron chi connectivity index (χ2n) is 4.55. The first-order valence-electron chi connectivity index (χ1n) is 5.79. The van der Waals surface area contributed by atoms with Gasteiger partial charge < -0.3 is 4.74 Å². The Hall–Kier alpha value is -0.990. The number of aromatic nitrogens is 1. The summed E-state index contributed by atoms with van der Waals surface area (Å²) in [5.74, 6) is 0.992. The van der Waals surface area contributed by atoms with Gasteiger partial charge >= 0.3 is 0 Å². The lowest BCUT2D eigenvalue weighted by Gasteiger charge is -2.16. The molecule has 2 nitrogen and oxygen atoms in total. The Balaban J connectivity index is 2.94. The van der Waals surface area contributed by atoms with Crippen LogP contribution in [-0.4, -0.2) is 12.1 Å². The highest BCUT2D eigenvalue weighted by Gasteiger charge is 2.18. The van der Waals surface area contributed by atoms with Crippen molar-refractivity contribution < 1.29 is 4.74 Å². The maximum atomic E-state index is 6.50. The van der Waals surface area contributed by atoms with E-state index >= 15 is 0 Å². The van der Waals surface area contributed by atoms with Crippen LogP contribution in [0.2, 0.25) is 10.0 Å². The minimum atomic E-state index is 0.302. The van der Waals surface area contributed by atoms with Crippen LogP contribution in [0.25, 0.3) is 10.9 Å². The number of halogens is 2. The van der Waals surface area contributed by atoms with Gasteiger partial charge in [-0.2, -0.15) is 0 Å². The Kier molecular flexibility index (Phi) is 3.69. The monoisotopic (exact) mass is 283 g/mol. The van der Waals surface area contributed by atoms with Crippen LogP contribution in [0, 0.1) is 6.92 Å². The lowest BCUT2D eigenvalue weighted by Crippen LogP contribution is -2.00. The summed E-state index contributed by atoms with van der Waals surface area (Å²) in [6.45, 7) is 6.15. The molecule has 0 atom stereocenters. The maximum Gasteiger partial charge on any atom is 0.145 e. The van der Waals surface area contributed by atoms with Crippen LogP contribution in [0.3, 0.4) is 0 Å². The second kappa shape index (κ2) is 4.94. The SMILES string of the molecule is COc1ccc(Cl)c2c(Cl)c(C(C)C)c(C)nc12. The van der Waals surface area contributed by atoms with Crippen molar-refractivity contribution in [1.82, 2.24) is 4.98 Å². The highest BCUT2D eigenvalue weighted by molar-refractivity contribution is 6.42. The highest BCUT2D eigenvalue weighted by Crippen LogP contribution is 2.39. The Morgan fingerprint density at radius 1 is 1.22 bits per heavy atom. The smallest absolute Gasteiger partial charge is 0.145 e. The molecule has 96 valence electrons. The van der Waals surface area contributed by atoms with Gasteiger partial charge in [-0.1, -0.05) is 37.0 Å². The Bertz CT molecular complexity index is 609. The van der Waals surface area contributed by atoms with Gasteiger partial charge in [-0.05, 0) is 30.5 Å². The molecular weight excluding hydrogens is 269 g/mol. The normalized spacial score (nSPS) is 11.3. The first-order valence-corrected chi connectivity index (χ1v) is 6.55. The predicted octanol–water partition coefficient (Wildman–Crippen LogP) is 4.98. The zero-order valence-corrected chi connectivity index (χ0v) is 12.4. The van der Waals surface area contributed by atoms with E-state index in [0.29, 0.717) is 21.7 Å². The van der Waals surface area contributed by atoms with Gasteiger partial charge in [-0.15, -0.1) is 0 Å². The molecule has 0 saturated heterocycles. The van der Waals surface area contributed by atoms with Gasteiger partial charge in [0.25, 0.3) is 0 Å². The molecule has 0 fully saturated rings. The molecule has 1 aromatic heterocycles. The van der Waals surface area contributed by atoms with Crippen LogP contribution < -0.4 is 4.74 Å². The van der Waals surface area contributed by atoms with E-state index in [0.717, 1.165) is 22.2 Å². The quantitative estimate of drug-likeness (QED) is 0.775.